The molecule has 1 aliphatic rings. The third kappa shape index (κ3) is 7.89. The molecule has 1 aliphatic heterocycles. The molecule has 1 aromatic carbocycles. The molecule has 1 unspecified atom stereocenters. The molecule has 2 rings (SSSR count). The van der Waals surface area contributed by atoms with Crippen molar-refractivity contribution in [2.75, 3.05) is 25.4 Å². The lowest BCUT2D eigenvalue weighted by Gasteiger charge is -2.30. The lowest BCUT2D eigenvalue weighted by atomic mass is 9.92. The van der Waals surface area contributed by atoms with Crippen LogP contribution in [0.5, 0.6) is 5.75 Å². The number of unbranched alkanes of at least 4 members (excludes halogenated alkanes) is 1. The Kier molecular flexibility index (Phi) is 10.1. The molecule has 0 saturated carbocycles. The minimum Gasteiger partial charge on any atom is -0.508 e. The molecule has 8 heteroatoms. The van der Waals surface area contributed by atoms with E-state index in [9.17, 15) is 23.4 Å². The zero-order valence-corrected chi connectivity index (χ0v) is 18.7. The van der Waals surface area contributed by atoms with Crippen molar-refractivity contribution in [1.82, 2.24) is 10.6 Å². The second kappa shape index (κ2) is 12.3. The highest BCUT2D eigenvalue weighted by Crippen LogP contribution is 2.27. The quantitative estimate of drug-likeness (QED) is 0.348. The molecule has 1 aromatic rings. The van der Waals surface area contributed by atoms with E-state index >= 15 is 0 Å². The number of phenolic OH excluding ortho intramolecular Hbond substituents is 1. The first-order chi connectivity index (χ1) is 14.3. The van der Waals surface area contributed by atoms with E-state index < -0.39 is 21.8 Å². The molecule has 0 aliphatic carbocycles. The van der Waals surface area contributed by atoms with E-state index in [-0.39, 0.29) is 22.7 Å². The highest BCUT2D eigenvalue weighted by Gasteiger charge is 2.33. The van der Waals surface area contributed by atoms with Gasteiger partial charge in [-0.05, 0) is 81.8 Å². The Hall–Kier alpha value is -1.64. The average molecular weight is 441 g/mol. The summed E-state index contributed by atoms with van der Waals surface area (Å²) < 4.78 is 25.9. The number of carbonyl (C=O) groups is 1. The van der Waals surface area contributed by atoms with E-state index in [1.165, 1.54) is 0 Å². The highest BCUT2D eigenvalue weighted by molar-refractivity contribution is 7.92. The van der Waals surface area contributed by atoms with Gasteiger partial charge < -0.3 is 20.8 Å². The second-order valence-corrected chi connectivity index (χ2v) is 10.5. The maximum absolute atomic E-state index is 12.9. The monoisotopic (exact) mass is 440 g/mol. The fraction of sp³-hybridized carbons (Fsp3) is 0.682. The lowest BCUT2D eigenvalue weighted by Crippen LogP contribution is -2.41. The van der Waals surface area contributed by atoms with Crippen molar-refractivity contribution < 1.29 is 23.4 Å². The predicted octanol–water partition coefficient (Wildman–Crippen LogP) is 2.34. The van der Waals surface area contributed by atoms with E-state index in [0.717, 1.165) is 37.9 Å². The Morgan fingerprint density at radius 2 is 1.87 bits per heavy atom. The second-order valence-electron chi connectivity index (χ2n) is 8.20. The normalized spacial score (nSPS) is 17.5. The smallest absolute Gasteiger partial charge is 0.321 e. The Labute approximate surface area is 180 Å². The van der Waals surface area contributed by atoms with Crippen molar-refractivity contribution in [3.63, 3.8) is 0 Å². The third-order valence-corrected chi connectivity index (χ3v) is 8.28. The summed E-state index contributed by atoms with van der Waals surface area (Å²) in [5, 5.41) is 24.9. The summed E-state index contributed by atoms with van der Waals surface area (Å²) in [4.78, 5) is 11.6. The van der Waals surface area contributed by atoms with Gasteiger partial charge in [0.15, 0.2) is 9.84 Å². The van der Waals surface area contributed by atoms with Gasteiger partial charge in [0, 0.05) is 0 Å². The van der Waals surface area contributed by atoms with Crippen molar-refractivity contribution in [3.05, 3.63) is 29.8 Å². The molecule has 170 valence electrons. The molecule has 7 nitrogen and oxygen atoms in total. The standard InChI is InChI=1S/C22H36N2O5S/c1-2-3-15-30(28,29)21(18-10-13-23-14-11-18)5-4-12-24-20(22(26)27)16-17-6-8-19(25)9-7-17/h6-9,18,20-21,23-25H,2-5,10-16H2,1H3,(H,26,27)/t20-,21?/m0/s1. The van der Waals surface area contributed by atoms with Crippen molar-refractivity contribution in [2.24, 2.45) is 5.92 Å². The fourth-order valence-corrected chi connectivity index (χ4v) is 6.49. The first-order valence-electron chi connectivity index (χ1n) is 11.0. The summed E-state index contributed by atoms with van der Waals surface area (Å²) in [7, 11) is -3.15. The van der Waals surface area contributed by atoms with Gasteiger partial charge in [0.2, 0.25) is 0 Å². The molecule has 0 radical (unpaired) electrons. The SMILES string of the molecule is CCCCS(=O)(=O)C(CCCN[C@@H](Cc1ccc(O)cc1)C(=O)O)C1CCNCC1. The Balaban J connectivity index is 1.91. The zero-order valence-electron chi connectivity index (χ0n) is 17.8. The maximum atomic E-state index is 12.9. The highest BCUT2D eigenvalue weighted by atomic mass is 32.2. The summed E-state index contributed by atoms with van der Waals surface area (Å²) in [6, 6.07) is 5.75. The van der Waals surface area contributed by atoms with Gasteiger partial charge in [0.25, 0.3) is 0 Å². The van der Waals surface area contributed by atoms with Gasteiger partial charge in [-0.3, -0.25) is 4.79 Å². The van der Waals surface area contributed by atoms with Gasteiger partial charge in [-0.15, -0.1) is 0 Å². The molecule has 0 bridgehead atoms. The molecule has 1 saturated heterocycles. The number of rotatable bonds is 13. The van der Waals surface area contributed by atoms with Crippen LogP contribution >= 0.6 is 0 Å². The number of aromatic hydroxyl groups is 1. The van der Waals surface area contributed by atoms with Crippen LogP contribution in [0.3, 0.4) is 0 Å². The van der Waals surface area contributed by atoms with Crippen LogP contribution in [0, 0.1) is 5.92 Å². The van der Waals surface area contributed by atoms with Gasteiger partial charge in [-0.1, -0.05) is 25.5 Å². The Morgan fingerprint density at radius 1 is 1.20 bits per heavy atom. The van der Waals surface area contributed by atoms with Crippen molar-refractivity contribution in [1.29, 1.82) is 0 Å². The number of aliphatic carboxylic acids is 1. The number of sulfone groups is 1. The van der Waals surface area contributed by atoms with Crippen LogP contribution in [0.1, 0.15) is 51.0 Å². The summed E-state index contributed by atoms with van der Waals surface area (Å²) in [5.74, 6) is -0.370. The van der Waals surface area contributed by atoms with Gasteiger partial charge in [0.05, 0.1) is 11.0 Å². The van der Waals surface area contributed by atoms with Crippen LogP contribution in [0.4, 0.5) is 0 Å². The van der Waals surface area contributed by atoms with Crippen molar-refractivity contribution >= 4 is 15.8 Å². The van der Waals surface area contributed by atoms with Crippen molar-refractivity contribution in [2.45, 2.75) is 63.2 Å². The Bertz CT molecular complexity index is 745. The first kappa shape index (κ1) is 24.6. The maximum Gasteiger partial charge on any atom is 0.321 e. The average Bonchev–Trinajstić information content (AvgIpc) is 2.73. The van der Waals surface area contributed by atoms with Crippen LogP contribution in [0.15, 0.2) is 24.3 Å². The summed E-state index contributed by atoms with van der Waals surface area (Å²) in [6.07, 6.45) is 4.80. The largest absolute Gasteiger partial charge is 0.508 e. The van der Waals surface area contributed by atoms with E-state index in [0.29, 0.717) is 32.2 Å². The minimum absolute atomic E-state index is 0.145. The first-order valence-corrected chi connectivity index (χ1v) is 12.7. The Morgan fingerprint density at radius 3 is 2.47 bits per heavy atom. The van der Waals surface area contributed by atoms with Crippen LogP contribution in [0.25, 0.3) is 0 Å². The fourth-order valence-electron chi connectivity index (χ4n) is 4.12. The molecule has 0 amide bonds. The van der Waals surface area contributed by atoms with Crippen molar-refractivity contribution in [3.8, 4) is 5.75 Å². The summed E-state index contributed by atoms with van der Waals surface area (Å²) in [5.41, 5.74) is 0.822. The van der Waals surface area contributed by atoms with Crippen LogP contribution in [0.2, 0.25) is 0 Å². The van der Waals surface area contributed by atoms with Gasteiger partial charge in [-0.25, -0.2) is 8.42 Å². The topological polar surface area (TPSA) is 116 Å². The van der Waals surface area contributed by atoms with E-state index in [1.54, 1.807) is 24.3 Å². The van der Waals surface area contributed by atoms with Crippen LogP contribution < -0.4 is 10.6 Å². The lowest BCUT2D eigenvalue weighted by molar-refractivity contribution is -0.139. The number of phenols is 1. The summed E-state index contributed by atoms with van der Waals surface area (Å²) in [6.45, 7) is 4.17. The van der Waals surface area contributed by atoms with Gasteiger partial charge >= 0.3 is 5.97 Å². The minimum atomic E-state index is -3.15. The molecular formula is C22H36N2O5S. The number of nitrogens with one attached hydrogen (secondary N) is 2. The molecule has 2 atom stereocenters. The molecule has 30 heavy (non-hydrogen) atoms. The molecule has 1 fully saturated rings. The summed E-state index contributed by atoms with van der Waals surface area (Å²) >= 11 is 0. The van der Waals surface area contributed by atoms with E-state index in [4.69, 9.17) is 0 Å². The molecule has 1 heterocycles. The zero-order chi connectivity index (χ0) is 22.0. The number of hydrogen-bond donors (Lipinski definition) is 4. The third-order valence-electron chi connectivity index (χ3n) is 5.88. The van der Waals surface area contributed by atoms with E-state index in [2.05, 4.69) is 10.6 Å². The predicted molar refractivity (Wildman–Crippen MR) is 119 cm³/mol. The molecule has 0 aromatic heterocycles. The van der Waals surface area contributed by atoms with E-state index in [1.807, 2.05) is 6.92 Å². The van der Waals surface area contributed by atoms with Gasteiger partial charge in [-0.2, -0.15) is 0 Å². The van der Waals surface area contributed by atoms with Gasteiger partial charge in [0.1, 0.15) is 11.8 Å². The number of carboxylic acid groups (broad SMARTS) is 1. The molecule has 0 spiro atoms. The number of carboxylic acids is 1. The van der Waals surface area contributed by atoms with Crippen LogP contribution in [-0.2, 0) is 21.1 Å². The molecule has 4 N–H and O–H groups in total. The molecular weight excluding hydrogens is 404 g/mol. The number of piperidine rings is 1. The number of benzene rings is 1. The number of hydrogen-bond acceptors (Lipinski definition) is 6. The van der Waals surface area contributed by atoms with Crippen LogP contribution in [-0.4, -0.2) is 61.3 Å².